The Morgan fingerprint density at radius 2 is 2.13 bits per heavy atom. The van der Waals surface area contributed by atoms with Crippen molar-refractivity contribution in [2.24, 2.45) is 5.92 Å². The van der Waals surface area contributed by atoms with Crippen molar-refractivity contribution >= 4 is 22.9 Å². The third-order valence-electron chi connectivity index (χ3n) is 6.32. The van der Waals surface area contributed by atoms with Crippen molar-refractivity contribution in [3.63, 3.8) is 0 Å². The lowest BCUT2D eigenvalue weighted by molar-refractivity contribution is 0.170. The Hall–Kier alpha value is -3.09. The number of pyridine rings is 1. The SMILES string of the molecule is COc1ccc(C)cc1NC(=O)N1CCCC(Cn2c(C3CC3)nc3cccnc32)C1. The molecule has 1 unspecified atom stereocenters. The molecule has 1 saturated carbocycles. The van der Waals surface area contributed by atoms with E-state index in [9.17, 15) is 4.79 Å². The number of aryl methyl sites for hydroxylation is 1. The largest absolute Gasteiger partial charge is 0.495 e. The van der Waals surface area contributed by atoms with Gasteiger partial charge in [-0.1, -0.05) is 6.07 Å². The lowest BCUT2D eigenvalue weighted by Crippen LogP contribution is -2.43. The second-order valence-corrected chi connectivity index (χ2v) is 8.79. The van der Waals surface area contributed by atoms with E-state index in [1.807, 2.05) is 48.4 Å². The van der Waals surface area contributed by atoms with Gasteiger partial charge in [0.2, 0.25) is 0 Å². The van der Waals surface area contributed by atoms with Crippen LogP contribution in [0.5, 0.6) is 5.75 Å². The van der Waals surface area contributed by atoms with Crippen molar-refractivity contribution in [2.75, 3.05) is 25.5 Å². The number of likely N-dealkylation sites (tertiary alicyclic amines) is 1. The minimum atomic E-state index is -0.0652. The molecular formula is C24H29N5O2. The highest BCUT2D eigenvalue weighted by atomic mass is 16.5. The van der Waals surface area contributed by atoms with Gasteiger partial charge in [-0.2, -0.15) is 0 Å². The number of nitrogens with one attached hydrogen (secondary N) is 1. The van der Waals surface area contributed by atoms with Crippen LogP contribution in [-0.4, -0.2) is 45.7 Å². The van der Waals surface area contributed by atoms with Gasteiger partial charge in [-0.05, 0) is 68.4 Å². The van der Waals surface area contributed by atoms with Crippen LogP contribution in [0.15, 0.2) is 36.5 Å². The summed E-state index contributed by atoms with van der Waals surface area (Å²) in [5, 5.41) is 3.05. The number of aromatic nitrogens is 3. The van der Waals surface area contributed by atoms with Crippen LogP contribution < -0.4 is 10.1 Å². The molecule has 5 rings (SSSR count). The Balaban J connectivity index is 1.31. The van der Waals surface area contributed by atoms with Crippen molar-refractivity contribution in [3.05, 3.63) is 47.9 Å². The number of nitrogens with zero attached hydrogens (tertiary/aromatic N) is 4. The molecule has 0 spiro atoms. The summed E-state index contributed by atoms with van der Waals surface area (Å²) >= 11 is 0. The highest BCUT2D eigenvalue weighted by molar-refractivity contribution is 5.91. The molecule has 1 aromatic carbocycles. The fourth-order valence-corrected chi connectivity index (χ4v) is 4.58. The molecule has 7 heteroatoms. The summed E-state index contributed by atoms with van der Waals surface area (Å²) < 4.78 is 7.72. The van der Waals surface area contributed by atoms with Gasteiger partial charge in [-0.3, -0.25) is 0 Å². The zero-order valence-electron chi connectivity index (χ0n) is 18.2. The Bertz CT molecular complexity index is 1100. The molecule has 2 aromatic heterocycles. The van der Waals surface area contributed by atoms with Crippen LogP contribution in [0, 0.1) is 12.8 Å². The third-order valence-corrected chi connectivity index (χ3v) is 6.32. The first-order valence-electron chi connectivity index (χ1n) is 11.1. The van der Waals surface area contributed by atoms with Gasteiger partial charge in [0.15, 0.2) is 5.65 Å². The van der Waals surface area contributed by atoms with Crippen molar-refractivity contribution < 1.29 is 9.53 Å². The molecule has 2 aliphatic rings. The molecule has 1 aliphatic carbocycles. The number of urea groups is 1. The van der Waals surface area contributed by atoms with E-state index >= 15 is 0 Å². The number of hydrogen-bond acceptors (Lipinski definition) is 4. The minimum absolute atomic E-state index is 0.0652. The average Bonchev–Trinajstić information content (AvgIpc) is 3.57. The molecule has 2 fully saturated rings. The molecule has 7 nitrogen and oxygen atoms in total. The molecule has 162 valence electrons. The third kappa shape index (κ3) is 4.09. The van der Waals surface area contributed by atoms with Crippen molar-refractivity contribution in [2.45, 2.75) is 45.1 Å². The molecule has 2 amide bonds. The van der Waals surface area contributed by atoms with Crippen LogP contribution in [0.2, 0.25) is 0 Å². The highest BCUT2D eigenvalue weighted by Gasteiger charge is 2.32. The first-order chi connectivity index (χ1) is 15.1. The maximum absolute atomic E-state index is 13.0. The number of rotatable bonds is 5. The predicted octanol–water partition coefficient (Wildman–Crippen LogP) is 4.57. The van der Waals surface area contributed by atoms with E-state index in [0.29, 0.717) is 17.6 Å². The summed E-state index contributed by atoms with van der Waals surface area (Å²) in [6.45, 7) is 4.37. The normalized spacial score (nSPS) is 18.9. The molecule has 1 N–H and O–H groups in total. The van der Waals surface area contributed by atoms with Crippen LogP contribution in [0.25, 0.3) is 11.2 Å². The summed E-state index contributed by atoms with van der Waals surface area (Å²) in [5.74, 6) is 2.79. The van der Waals surface area contributed by atoms with E-state index in [0.717, 1.165) is 54.9 Å². The Morgan fingerprint density at radius 1 is 1.26 bits per heavy atom. The number of carbonyl (C=O) groups excluding carboxylic acids is 1. The zero-order valence-corrected chi connectivity index (χ0v) is 18.2. The number of benzene rings is 1. The van der Waals surface area contributed by atoms with Crippen molar-refractivity contribution in [1.29, 1.82) is 0 Å². The highest BCUT2D eigenvalue weighted by Crippen LogP contribution is 2.41. The molecule has 1 aliphatic heterocycles. The topological polar surface area (TPSA) is 72.3 Å². The van der Waals surface area contributed by atoms with Gasteiger partial charge < -0.3 is 19.5 Å². The summed E-state index contributed by atoms with van der Waals surface area (Å²) in [5.41, 5.74) is 3.74. The Morgan fingerprint density at radius 3 is 2.94 bits per heavy atom. The second kappa shape index (κ2) is 8.21. The zero-order chi connectivity index (χ0) is 21.4. The van der Waals surface area contributed by atoms with Gasteiger partial charge in [-0.15, -0.1) is 0 Å². The molecule has 3 aromatic rings. The van der Waals surface area contributed by atoms with Gasteiger partial charge in [-0.25, -0.2) is 14.8 Å². The Labute approximate surface area is 182 Å². The molecule has 3 heterocycles. The molecule has 31 heavy (non-hydrogen) atoms. The van der Waals surface area contributed by atoms with E-state index in [2.05, 4.69) is 14.9 Å². The first kappa shape index (κ1) is 19.8. The number of methoxy groups -OCH3 is 1. The number of amides is 2. The summed E-state index contributed by atoms with van der Waals surface area (Å²) in [7, 11) is 1.62. The fraction of sp³-hybridized carbons (Fsp3) is 0.458. The minimum Gasteiger partial charge on any atom is -0.495 e. The van der Waals surface area contributed by atoms with Gasteiger partial charge in [0.25, 0.3) is 0 Å². The Kier molecular flexibility index (Phi) is 5.26. The average molecular weight is 420 g/mol. The van der Waals surface area contributed by atoms with Gasteiger partial charge in [0.05, 0.1) is 12.8 Å². The van der Waals surface area contributed by atoms with Crippen LogP contribution in [-0.2, 0) is 6.54 Å². The molecular weight excluding hydrogens is 390 g/mol. The van der Waals surface area contributed by atoms with E-state index in [-0.39, 0.29) is 6.03 Å². The van der Waals surface area contributed by atoms with Gasteiger partial charge in [0.1, 0.15) is 17.1 Å². The monoisotopic (exact) mass is 419 g/mol. The maximum Gasteiger partial charge on any atom is 0.321 e. The van der Waals surface area contributed by atoms with Crippen molar-refractivity contribution in [3.8, 4) is 5.75 Å². The van der Waals surface area contributed by atoms with Crippen LogP contribution in [0.1, 0.15) is 43.0 Å². The predicted molar refractivity (Wildman–Crippen MR) is 121 cm³/mol. The number of carbonyl (C=O) groups is 1. The van der Waals surface area contributed by atoms with E-state index < -0.39 is 0 Å². The van der Waals surface area contributed by atoms with Crippen LogP contribution in [0.4, 0.5) is 10.5 Å². The van der Waals surface area contributed by atoms with Gasteiger partial charge in [0, 0.05) is 31.7 Å². The van der Waals surface area contributed by atoms with E-state index in [1.165, 1.54) is 18.7 Å². The second-order valence-electron chi connectivity index (χ2n) is 8.79. The number of ether oxygens (including phenoxy) is 1. The number of anilines is 1. The molecule has 1 saturated heterocycles. The lowest BCUT2D eigenvalue weighted by Gasteiger charge is -2.33. The fourth-order valence-electron chi connectivity index (χ4n) is 4.58. The lowest BCUT2D eigenvalue weighted by atomic mass is 9.98. The summed E-state index contributed by atoms with van der Waals surface area (Å²) in [6.07, 6.45) is 6.37. The quantitative estimate of drug-likeness (QED) is 0.658. The molecule has 0 bridgehead atoms. The van der Waals surface area contributed by atoms with Gasteiger partial charge >= 0.3 is 6.03 Å². The molecule has 0 radical (unpaired) electrons. The van der Waals surface area contributed by atoms with E-state index in [4.69, 9.17) is 9.72 Å². The van der Waals surface area contributed by atoms with E-state index in [1.54, 1.807) is 7.11 Å². The summed E-state index contributed by atoms with van der Waals surface area (Å²) in [6, 6.07) is 9.74. The standard InChI is InChI=1S/C24H29N5O2/c1-16-7-10-21(31-2)20(13-16)27-24(30)28-12-4-5-17(14-28)15-29-22(18-8-9-18)26-19-6-3-11-25-23(19)29/h3,6-7,10-11,13,17-18H,4-5,8-9,12,14-15H2,1-2H3,(H,27,30). The molecule has 1 atom stereocenters. The number of piperidine rings is 1. The smallest absolute Gasteiger partial charge is 0.321 e. The summed E-state index contributed by atoms with van der Waals surface area (Å²) in [4.78, 5) is 24.4. The first-order valence-corrected chi connectivity index (χ1v) is 11.1. The number of fused-ring (bicyclic) bond motifs is 1. The van der Waals surface area contributed by atoms with Crippen LogP contribution in [0.3, 0.4) is 0 Å². The van der Waals surface area contributed by atoms with Crippen LogP contribution >= 0.6 is 0 Å². The van der Waals surface area contributed by atoms with Crippen molar-refractivity contribution in [1.82, 2.24) is 19.4 Å². The number of hydrogen-bond donors (Lipinski definition) is 1. The number of imidazole rings is 1. The maximum atomic E-state index is 13.0.